The molecule has 0 spiro atoms. The number of rotatable bonds is 6. The van der Waals surface area contributed by atoms with Crippen LogP contribution in [-0.2, 0) is 10.0 Å². The number of sulfonamides is 1. The number of nitrogens with one attached hydrogen (secondary N) is 3. The smallest absolute Gasteiger partial charge is 0.266 e. The average molecular weight is 310 g/mol. The first kappa shape index (κ1) is 15.2. The number of nitrogens with zero attached hydrogens (tertiary/aromatic N) is 3. The minimum Gasteiger partial charge on any atom is -0.369 e. The fraction of sp³-hybridized carbons (Fsp3) is 0.417. The van der Waals surface area contributed by atoms with Crippen molar-refractivity contribution < 1.29 is 8.42 Å². The molecule has 0 aliphatic heterocycles. The third-order valence-corrected chi connectivity index (χ3v) is 4.41. The number of hydrogen-bond donors (Lipinski definition) is 3. The van der Waals surface area contributed by atoms with Crippen molar-refractivity contribution in [2.24, 2.45) is 0 Å². The molecule has 0 atom stereocenters. The molecule has 0 amide bonds. The Bertz CT molecular complexity index is 688. The number of H-pyrrole nitrogens is 1. The summed E-state index contributed by atoms with van der Waals surface area (Å²) in [6.45, 7) is 6.10. The lowest BCUT2D eigenvalue weighted by molar-refractivity contribution is 0.600. The van der Waals surface area contributed by atoms with Crippen LogP contribution < -0.4 is 10.0 Å². The summed E-state index contributed by atoms with van der Waals surface area (Å²) in [5, 5.41) is 17.4. The van der Waals surface area contributed by atoms with E-state index in [1.807, 2.05) is 6.92 Å². The molecule has 0 bridgehead atoms. The predicted octanol–water partition coefficient (Wildman–Crippen LogP) is 1.44. The van der Waals surface area contributed by atoms with Gasteiger partial charge < -0.3 is 5.32 Å². The van der Waals surface area contributed by atoms with E-state index in [9.17, 15) is 8.42 Å². The summed E-state index contributed by atoms with van der Waals surface area (Å²) in [4.78, 5) is 0.137. The van der Waals surface area contributed by atoms with Crippen molar-refractivity contribution in [2.75, 3.05) is 16.6 Å². The van der Waals surface area contributed by atoms with Crippen LogP contribution in [0.15, 0.2) is 17.0 Å². The lowest BCUT2D eigenvalue weighted by atomic mass is 10.4. The molecular formula is C12H18N6O2S. The maximum Gasteiger partial charge on any atom is 0.266 e. The molecule has 0 saturated heterocycles. The first-order valence-corrected chi connectivity index (χ1v) is 8.04. The Hall–Kier alpha value is -2.16. The predicted molar refractivity (Wildman–Crippen MR) is 79.7 cm³/mol. The number of aromatic amines is 1. The molecule has 2 aromatic rings. The second-order valence-electron chi connectivity index (χ2n) is 4.60. The first-order valence-electron chi connectivity index (χ1n) is 6.56. The van der Waals surface area contributed by atoms with E-state index in [1.165, 1.54) is 0 Å². The molecule has 0 saturated carbocycles. The summed E-state index contributed by atoms with van der Waals surface area (Å²) >= 11 is 0. The maximum absolute atomic E-state index is 12.3. The van der Waals surface area contributed by atoms with Gasteiger partial charge in [0.25, 0.3) is 10.0 Å². The van der Waals surface area contributed by atoms with Crippen molar-refractivity contribution in [3.8, 4) is 0 Å². The fourth-order valence-electron chi connectivity index (χ4n) is 1.86. The van der Waals surface area contributed by atoms with Gasteiger partial charge in [-0.25, -0.2) is 8.42 Å². The van der Waals surface area contributed by atoms with Crippen LogP contribution in [-0.4, -0.2) is 35.4 Å². The van der Waals surface area contributed by atoms with Crippen molar-refractivity contribution >= 4 is 21.7 Å². The largest absolute Gasteiger partial charge is 0.369 e. The van der Waals surface area contributed by atoms with Gasteiger partial charge in [0.1, 0.15) is 10.7 Å². The van der Waals surface area contributed by atoms with E-state index in [0.29, 0.717) is 17.2 Å². The second-order valence-corrected chi connectivity index (χ2v) is 6.22. The van der Waals surface area contributed by atoms with Crippen LogP contribution in [0.5, 0.6) is 0 Å². The molecule has 0 radical (unpaired) electrons. The summed E-state index contributed by atoms with van der Waals surface area (Å²) in [6.07, 6.45) is 0.967. The summed E-state index contributed by atoms with van der Waals surface area (Å²) in [6, 6.07) is 3.24. The molecule has 0 aromatic carbocycles. The topological polar surface area (TPSA) is 113 Å². The van der Waals surface area contributed by atoms with Crippen molar-refractivity contribution in [3.05, 3.63) is 23.5 Å². The number of anilines is 2. The van der Waals surface area contributed by atoms with Crippen LogP contribution in [0.2, 0.25) is 0 Å². The lowest BCUT2D eigenvalue weighted by Crippen LogP contribution is -2.16. The van der Waals surface area contributed by atoms with Crippen molar-refractivity contribution in [3.63, 3.8) is 0 Å². The fourth-order valence-corrected chi connectivity index (χ4v) is 3.23. The van der Waals surface area contributed by atoms with Crippen LogP contribution in [0.1, 0.15) is 24.7 Å². The molecule has 21 heavy (non-hydrogen) atoms. The summed E-state index contributed by atoms with van der Waals surface area (Å²) in [5.41, 5.74) is 0.892. The Kier molecular flexibility index (Phi) is 4.41. The normalized spacial score (nSPS) is 11.4. The Morgan fingerprint density at radius 2 is 1.86 bits per heavy atom. The van der Waals surface area contributed by atoms with Crippen LogP contribution in [0, 0.1) is 13.8 Å². The monoisotopic (exact) mass is 310 g/mol. The Labute approximate surface area is 123 Å². The highest BCUT2D eigenvalue weighted by Crippen LogP contribution is 2.19. The van der Waals surface area contributed by atoms with Crippen LogP contribution >= 0.6 is 0 Å². The van der Waals surface area contributed by atoms with E-state index >= 15 is 0 Å². The van der Waals surface area contributed by atoms with Crippen molar-refractivity contribution in [1.29, 1.82) is 0 Å². The molecule has 2 aromatic heterocycles. The van der Waals surface area contributed by atoms with Gasteiger partial charge in [-0.2, -0.15) is 5.10 Å². The first-order chi connectivity index (χ1) is 9.94. The van der Waals surface area contributed by atoms with Gasteiger partial charge in [0.05, 0.1) is 11.4 Å². The summed E-state index contributed by atoms with van der Waals surface area (Å²) in [5.74, 6) is 0.771. The highest BCUT2D eigenvalue weighted by atomic mass is 32.2. The van der Waals surface area contributed by atoms with E-state index < -0.39 is 10.0 Å². The molecular weight excluding hydrogens is 292 g/mol. The van der Waals surface area contributed by atoms with Crippen LogP contribution in [0.25, 0.3) is 0 Å². The number of aryl methyl sites for hydroxylation is 2. The Morgan fingerprint density at radius 1 is 1.19 bits per heavy atom. The van der Waals surface area contributed by atoms with Gasteiger partial charge in [-0.3, -0.25) is 9.82 Å². The van der Waals surface area contributed by atoms with Gasteiger partial charge in [0.15, 0.2) is 5.82 Å². The highest BCUT2D eigenvalue weighted by molar-refractivity contribution is 7.92. The molecule has 9 heteroatoms. The third-order valence-electron chi connectivity index (χ3n) is 2.79. The van der Waals surface area contributed by atoms with Crippen molar-refractivity contribution in [2.45, 2.75) is 32.1 Å². The minimum absolute atomic E-state index is 0.137. The van der Waals surface area contributed by atoms with Gasteiger partial charge in [-0.05, 0) is 32.4 Å². The molecule has 0 fully saturated rings. The number of aromatic nitrogens is 4. The van der Waals surface area contributed by atoms with E-state index in [4.69, 9.17) is 0 Å². The highest BCUT2D eigenvalue weighted by Gasteiger charge is 2.22. The van der Waals surface area contributed by atoms with Gasteiger partial charge in [-0.15, -0.1) is 10.2 Å². The standard InChI is InChI=1S/C12H18N6O2S/c1-4-7-13-10-5-6-11(17-16-10)18-21(19,20)12-8(2)14-15-9(12)3/h5-6H,4,7H2,1-3H3,(H,13,16)(H,14,15)(H,17,18). The maximum atomic E-state index is 12.3. The molecule has 114 valence electrons. The third kappa shape index (κ3) is 3.48. The SMILES string of the molecule is CCCNc1ccc(NS(=O)(=O)c2c(C)n[nH]c2C)nn1. The quantitative estimate of drug-likeness (QED) is 0.744. The van der Waals surface area contributed by atoms with Crippen LogP contribution in [0.4, 0.5) is 11.6 Å². The molecule has 3 N–H and O–H groups in total. The molecule has 0 unspecified atom stereocenters. The molecule has 2 rings (SSSR count). The summed E-state index contributed by atoms with van der Waals surface area (Å²) < 4.78 is 27.0. The van der Waals surface area contributed by atoms with E-state index in [-0.39, 0.29) is 10.7 Å². The van der Waals surface area contributed by atoms with E-state index in [0.717, 1.165) is 13.0 Å². The zero-order chi connectivity index (χ0) is 15.5. The molecule has 8 nitrogen and oxygen atoms in total. The van der Waals surface area contributed by atoms with Gasteiger partial charge in [0.2, 0.25) is 0 Å². The molecule has 0 aliphatic rings. The second kappa shape index (κ2) is 6.08. The van der Waals surface area contributed by atoms with Gasteiger partial charge in [-0.1, -0.05) is 6.92 Å². The van der Waals surface area contributed by atoms with Crippen LogP contribution in [0.3, 0.4) is 0 Å². The Morgan fingerprint density at radius 3 is 2.38 bits per heavy atom. The molecule has 2 heterocycles. The van der Waals surface area contributed by atoms with E-state index in [2.05, 4.69) is 30.4 Å². The Balaban J connectivity index is 2.17. The lowest BCUT2D eigenvalue weighted by Gasteiger charge is -2.08. The molecule has 0 aliphatic carbocycles. The summed E-state index contributed by atoms with van der Waals surface area (Å²) in [7, 11) is -3.73. The van der Waals surface area contributed by atoms with E-state index in [1.54, 1.807) is 26.0 Å². The van der Waals surface area contributed by atoms with Crippen molar-refractivity contribution in [1.82, 2.24) is 20.4 Å². The van der Waals surface area contributed by atoms with Gasteiger partial charge in [0, 0.05) is 6.54 Å². The minimum atomic E-state index is -3.73. The zero-order valence-corrected chi connectivity index (χ0v) is 13.0. The zero-order valence-electron chi connectivity index (χ0n) is 12.1. The number of hydrogen-bond acceptors (Lipinski definition) is 6. The van der Waals surface area contributed by atoms with Gasteiger partial charge >= 0.3 is 0 Å². The average Bonchev–Trinajstić information content (AvgIpc) is 2.77.